The van der Waals surface area contributed by atoms with E-state index in [1.807, 2.05) is 35.2 Å². The standard InChI is InChI=1S/C20H21NO4/c1-23-17-8-4-5-9-18(17)24-13-19(22)21-11-10-20(14-21)16-7-3-2-6-15(16)12-25-20/h2-9H,10-14H2,1H3. The molecule has 5 heteroatoms. The van der Waals surface area contributed by atoms with Crippen molar-refractivity contribution in [3.8, 4) is 11.5 Å². The zero-order valence-corrected chi connectivity index (χ0v) is 14.2. The number of hydrogen-bond acceptors (Lipinski definition) is 4. The molecule has 5 nitrogen and oxygen atoms in total. The van der Waals surface area contributed by atoms with E-state index >= 15 is 0 Å². The Kier molecular flexibility index (Phi) is 4.09. The normalized spacial score (nSPS) is 21.4. The first kappa shape index (κ1) is 16.0. The first-order valence-electron chi connectivity index (χ1n) is 8.48. The molecule has 130 valence electrons. The minimum absolute atomic E-state index is 0.00188. The van der Waals surface area contributed by atoms with E-state index in [0.29, 0.717) is 31.2 Å². The third-order valence-corrected chi connectivity index (χ3v) is 5.02. The largest absolute Gasteiger partial charge is 0.493 e. The number of hydrogen-bond donors (Lipinski definition) is 0. The molecule has 2 aliphatic rings. The molecule has 25 heavy (non-hydrogen) atoms. The Morgan fingerprint density at radius 3 is 2.76 bits per heavy atom. The SMILES string of the molecule is COc1ccccc1OCC(=O)N1CCC2(C1)OCc1ccccc12. The predicted molar refractivity (Wildman–Crippen MR) is 92.6 cm³/mol. The maximum atomic E-state index is 12.6. The summed E-state index contributed by atoms with van der Waals surface area (Å²) in [5.41, 5.74) is 2.09. The number of fused-ring (bicyclic) bond motifs is 2. The maximum absolute atomic E-state index is 12.6. The van der Waals surface area contributed by atoms with Crippen LogP contribution in [0.3, 0.4) is 0 Å². The number of para-hydroxylation sites is 2. The van der Waals surface area contributed by atoms with E-state index in [9.17, 15) is 4.79 Å². The van der Waals surface area contributed by atoms with Gasteiger partial charge in [0, 0.05) is 6.54 Å². The fraction of sp³-hybridized carbons (Fsp3) is 0.350. The molecule has 0 bridgehead atoms. The van der Waals surface area contributed by atoms with Gasteiger partial charge in [0.25, 0.3) is 5.91 Å². The second-order valence-corrected chi connectivity index (χ2v) is 6.44. The van der Waals surface area contributed by atoms with Gasteiger partial charge in [-0.25, -0.2) is 0 Å². The van der Waals surface area contributed by atoms with Crippen LogP contribution in [0.15, 0.2) is 48.5 Å². The van der Waals surface area contributed by atoms with Crippen LogP contribution in [0.25, 0.3) is 0 Å². The molecule has 1 spiro atoms. The molecule has 1 saturated heterocycles. The summed E-state index contributed by atoms with van der Waals surface area (Å²) in [4.78, 5) is 14.4. The molecule has 2 heterocycles. The second-order valence-electron chi connectivity index (χ2n) is 6.44. The van der Waals surface area contributed by atoms with E-state index in [1.54, 1.807) is 13.2 Å². The van der Waals surface area contributed by atoms with E-state index < -0.39 is 0 Å². The summed E-state index contributed by atoms with van der Waals surface area (Å²) in [6, 6.07) is 15.6. The van der Waals surface area contributed by atoms with E-state index in [2.05, 4.69) is 12.1 Å². The van der Waals surface area contributed by atoms with Crippen molar-refractivity contribution in [2.24, 2.45) is 0 Å². The molecular formula is C20H21NO4. The maximum Gasteiger partial charge on any atom is 0.260 e. The fourth-order valence-corrected chi connectivity index (χ4v) is 3.69. The zero-order valence-electron chi connectivity index (χ0n) is 14.2. The Morgan fingerprint density at radius 2 is 1.92 bits per heavy atom. The summed E-state index contributed by atoms with van der Waals surface area (Å²) in [7, 11) is 1.59. The lowest BCUT2D eigenvalue weighted by Crippen LogP contribution is -2.36. The van der Waals surface area contributed by atoms with Crippen molar-refractivity contribution in [2.45, 2.75) is 18.6 Å². The van der Waals surface area contributed by atoms with Gasteiger partial charge in [-0.3, -0.25) is 4.79 Å². The molecule has 1 amide bonds. The Morgan fingerprint density at radius 1 is 1.16 bits per heavy atom. The van der Waals surface area contributed by atoms with E-state index in [1.165, 1.54) is 11.1 Å². The second kappa shape index (κ2) is 6.41. The fourth-order valence-electron chi connectivity index (χ4n) is 3.69. The average Bonchev–Trinajstić information content (AvgIpc) is 3.26. The zero-order chi connectivity index (χ0) is 17.3. The van der Waals surface area contributed by atoms with Gasteiger partial charge in [0.15, 0.2) is 18.1 Å². The number of nitrogens with zero attached hydrogens (tertiary/aromatic N) is 1. The van der Waals surface area contributed by atoms with Crippen LogP contribution >= 0.6 is 0 Å². The number of methoxy groups -OCH3 is 1. The van der Waals surface area contributed by atoms with E-state index in [0.717, 1.165) is 6.42 Å². The lowest BCUT2D eigenvalue weighted by atomic mass is 9.92. The van der Waals surface area contributed by atoms with Gasteiger partial charge in [-0.05, 0) is 29.7 Å². The van der Waals surface area contributed by atoms with Crippen LogP contribution in [-0.2, 0) is 21.7 Å². The highest BCUT2D eigenvalue weighted by atomic mass is 16.5. The van der Waals surface area contributed by atoms with Crippen molar-refractivity contribution < 1.29 is 19.0 Å². The Bertz CT molecular complexity index is 791. The van der Waals surface area contributed by atoms with Gasteiger partial charge >= 0.3 is 0 Å². The number of amides is 1. The van der Waals surface area contributed by atoms with Crippen LogP contribution in [0.1, 0.15) is 17.5 Å². The molecular weight excluding hydrogens is 318 g/mol. The molecule has 1 unspecified atom stereocenters. The number of ether oxygens (including phenoxy) is 3. The molecule has 0 aromatic heterocycles. The van der Waals surface area contributed by atoms with Gasteiger partial charge in [-0.2, -0.15) is 0 Å². The summed E-state index contributed by atoms with van der Waals surface area (Å²) in [6.45, 7) is 1.88. The molecule has 0 N–H and O–H groups in total. The Labute approximate surface area is 147 Å². The van der Waals surface area contributed by atoms with Crippen molar-refractivity contribution >= 4 is 5.91 Å². The monoisotopic (exact) mass is 339 g/mol. The highest BCUT2D eigenvalue weighted by Crippen LogP contribution is 2.43. The number of likely N-dealkylation sites (tertiary alicyclic amines) is 1. The third kappa shape index (κ3) is 2.85. The van der Waals surface area contributed by atoms with Gasteiger partial charge in [-0.1, -0.05) is 36.4 Å². The van der Waals surface area contributed by atoms with Crippen molar-refractivity contribution in [1.82, 2.24) is 4.90 Å². The molecule has 2 aliphatic heterocycles. The van der Waals surface area contributed by atoms with Gasteiger partial charge in [0.05, 0.1) is 20.3 Å². The number of carbonyl (C=O) groups is 1. The highest BCUT2D eigenvalue weighted by molar-refractivity contribution is 5.78. The summed E-state index contributed by atoms with van der Waals surface area (Å²) in [5.74, 6) is 1.17. The van der Waals surface area contributed by atoms with Crippen LogP contribution < -0.4 is 9.47 Å². The number of rotatable bonds is 4. The summed E-state index contributed by atoms with van der Waals surface area (Å²) >= 11 is 0. The summed E-state index contributed by atoms with van der Waals surface area (Å²) in [5, 5.41) is 0. The lowest BCUT2D eigenvalue weighted by molar-refractivity contribution is -0.133. The molecule has 2 aromatic carbocycles. The molecule has 0 radical (unpaired) electrons. The number of carbonyl (C=O) groups excluding carboxylic acids is 1. The van der Waals surface area contributed by atoms with Crippen molar-refractivity contribution in [3.05, 3.63) is 59.7 Å². The molecule has 4 rings (SSSR count). The van der Waals surface area contributed by atoms with Crippen LogP contribution in [0.2, 0.25) is 0 Å². The van der Waals surface area contributed by atoms with Crippen molar-refractivity contribution in [2.75, 3.05) is 26.8 Å². The molecule has 0 saturated carbocycles. The van der Waals surface area contributed by atoms with Crippen molar-refractivity contribution in [3.63, 3.8) is 0 Å². The van der Waals surface area contributed by atoms with Crippen LogP contribution in [-0.4, -0.2) is 37.6 Å². The van der Waals surface area contributed by atoms with E-state index in [4.69, 9.17) is 14.2 Å². The Balaban J connectivity index is 1.42. The molecule has 0 aliphatic carbocycles. The lowest BCUT2D eigenvalue weighted by Gasteiger charge is -2.24. The van der Waals surface area contributed by atoms with Crippen LogP contribution in [0.5, 0.6) is 11.5 Å². The van der Waals surface area contributed by atoms with E-state index in [-0.39, 0.29) is 18.1 Å². The summed E-state index contributed by atoms with van der Waals surface area (Å²) < 4.78 is 17.0. The van der Waals surface area contributed by atoms with Crippen LogP contribution in [0, 0.1) is 0 Å². The minimum Gasteiger partial charge on any atom is -0.493 e. The molecule has 1 fully saturated rings. The first-order chi connectivity index (χ1) is 12.2. The van der Waals surface area contributed by atoms with Crippen molar-refractivity contribution in [1.29, 1.82) is 0 Å². The quantitative estimate of drug-likeness (QED) is 0.859. The van der Waals surface area contributed by atoms with Crippen LogP contribution in [0.4, 0.5) is 0 Å². The smallest absolute Gasteiger partial charge is 0.260 e. The molecule has 1 atom stereocenters. The average molecular weight is 339 g/mol. The number of benzene rings is 2. The van der Waals surface area contributed by atoms with Gasteiger partial charge in [0.1, 0.15) is 5.60 Å². The predicted octanol–water partition coefficient (Wildman–Crippen LogP) is 2.73. The first-order valence-corrected chi connectivity index (χ1v) is 8.48. The highest BCUT2D eigenvalue weighted by Gasteiger charge is 2.46. The third-order valence-electron chi connectivity index (χ3n) is 5.02. The summed E-state index contributed by atoms with van der Waals surface area (Å²) in [6.07, 6.45) is 0.824. The minimum atomic E-state index is -0.351. The molecule has 2 aromatic rings. The van der Waals surface area contributed by atoms with Gasteiger partial charge < -0.3 is 19.1 Å². The Hall–Kier alpha value is -2.53. The van der Waals surface area contributed by atoms with Gasteiger partial charge in [-0.15, -0.1) is 0 Å². The topological polar surface area (TPSA) is 48.0 Å². The van der Waals surface area contributed by atoms with Gasteiger partial charge in [0.2, 0.25) is 0 Å².